The lowest BCUT2D eigenvalue weighted by Gasteiger charge is -2.09. The predicted molar refractivity (Wildman–Crippen MR) is 60.3 cm³/mol. The van der Waals surface area contributed by atoms with Crippen LogP contribution >= 0.6 is 0 Å². The predicted octanol–water partition coefficient (Wildman–Crippen LogP) is 2.89. The smallest absolute Gasteiger partial charge is 0.156 e. The lowest BCUT2D eigenvalue weighted by Crippen LogP contribution is -2.04. The summed E-state index contributed by atoms with van der Waals surface area (Å²) >= 11 is 0. The van der Waals surface area contributed by atoms with E-state index in [4.69, 9.17) is 4.74 Å². The molecule has 2 aromatic rings. The van der Waals surface area contributed by atoms with Gasteiger partial charge in [-0.05, 0) is 12.1 Å². The molecule has 6 heteroatoms. The molecule has 0 atom stereocenters. The first-order valence-corrected chi connectivity index (χ1v) is 5.28. The zero-order chi connectivity index (χ0) is 13.8. The molecule has 19 heavy (non-hydrogen) atoms. The van der Waals surface area contributed by atoms with E-state index < -0.39 is 23.0 Å². The average molecular weight is 267 g/mol. The van der Waals surface area contributed by atoms with Gasteiger partial charge in [-0.1, -0.05) is 0 Å². The van der Waals surface area contributed by atoms with E-state index in [1.807, 2.05) is 0 Å². The molecule has 0 amide bonds. The van der Waals surface area contributed by atoms with Crippen molar-refractivity contribution in [2.45, 2.75) is 6.61 Å². The van der Waals surface area contributed by atoms with Gasteiger partial charge in [0.2, 0.25) is 0 Å². The summed E-state index contributed by atoms with van der Waals surface area (Å²) in [5.41, 5.74) is -0.443. The number of carbonyl (C=O) groups is 1. The number of benzene rings is 1. The van der Waals surface area contributed by atoms with E-state index in [1.165, 1.54) is 18.3 Å². The third kappa shape index (κ3) is 2.90. The number of nitrogens with zero attached hydrogens (tertiary/aromatic N) is 1. The molecule has 0 aliphatic carbocycles. The van der Waals surface area contributed by atoms with Gasteiger partial charge in [-0.15, -0.1) is 0 Å². The van der Waals surface area contributed by atoms with Gasteiger partial charge in [0.25, 0.3) is 0 Å². The molecule has 2 rings (SSSR count). The van der Waals surface area contributed by atoms with E-state index in [0.717, 1.165) is 6.07 Å². The van der Waals surface area contributed by atoms with Crippen LogP contribution in [-0.2, 0) is 6.61 Å². The Morgan fingerprint density at radius 1 is 1.21 bits per heavy atom. The van der Waals surface area contributed by atoms with E-state index in [1.54, 1.807) is 0 Å². The first-order chi connectivity index (χ1) is 9.11. The molecular formula is C13H8F3NO2. The van der Waals surface area contributed by atoms with E-state index in [-0.39, 0.29) is 24.3 Å². The molecule has 0 spiro atoms. The largest absolute Gasteiger partial charge is 0.486 e. The highest BCUT2D eigenvalue weighted by molar-refractivity contribution is 5.79. The molecule has 0 radical (unpaired) electrons. The minimum Gasteiger partial charge on any atom is -0.486 e. The van der Waals surface area contributed by atoms with Crippen LogP contribution in [0.25, 0.3) is 0 Å². The Labute approximate surface area is 106 Å². The second-order valence-corrected chi connectivity index (χ2v) is 3.64. The Kier molecular flexibility index (Phi) is 3.79. The summed E-state index contributed by atoms with van der Waals surface area (Å²) in [7, 11) is 0. The average Bonchev–Trinajstić information content (AvgIpc) is 2.37. The fourth-order valence-electron chi connectivity index (χ4n) is 1.47. The van der Waals surface area contributed by atoms with E-state index in [0.29, 0.717) is 6.07 Å². The van der Waals surface area contributed by atoms with Gasteiger partial charge in [0.05, 0.1) is 5.56 Å². The van der Waals surface area contributed by atoms with Crippen LogP contribution in [0.2, 0.25) is 0 Å². The fraction of sp³-hybridized carbons (Fsp3) is 0.0769. The molecule has 0 bridgehead atoms. The first-order valence-electron chi connectivity index (χ1n) is 5.28. The summed E-state index contributed by atoms with van der Waals surface area (Å²) in [6.45, 7) is -0.337. The van der Waals surface area contributed by atoms with Gasteiger partial charge < -0.3 is 4.74 Å². The normalized spacial score (nSPS) is 10.3. The van der Waals surface area contributed by atoms with Crippen LogP contribution in [0.3, 0.4) is 0 Å². The van der Waals surface area contributed by atoms with Crippen LogP contribution in [0.15, 0.2) is 30.5 Å². The molecule has 1 heterocycles. The maximum atomic E-state index is 13.3. The van der Waals surface area contributed by atoms with Crippen molar-refractivity contribution in [1.29, 1.82) is 0 Å². The highest BCUT2D eigenvalue weighted by Crippen LogP contribution is 2.22. The highest BCUT2D eigenvalue weighted by atomic mass is 19.1. The van der Waals surface area contributed by atoms with Crippen molar-refractivity contribution in [2.24, 2.45) is 0 Å². The molecule has 0 fully saturated rings. The maximum Gasteiger partial charge on any atom is 0.156 e. The number of ether oxygens (including phenoxy) is 1. The van der Waals surface area contributed by atoms with Crippen molar-refractivity contribution in [3.63, 3.8) is 0 Å². The number of aldehydes is 1. The van der Waals surface area contributed by atoms with Crippen LogP contribution < -0.4 is 4.74 Å². The molecular weight excluding hydrogens is 259 g/mol. The number of hydrogen-bond acceptors (Lipinski definition) is 3. The minimum atomic E-state index is -1.04. The maximum absolute atomic E-state index is 13.3. The zero-order valence-electron chi connectivity index (χ0n) is 9.57. The molecule has 0 aliphatic rings. The Morgan fingerprint density at radius 2 is 2.00 bits per heavy atom. The Morgan fingerprint density at radius 3 is 2.68 bits per heavy atom. The quantitative estimate of drug-likeness (QED) is 0.799. The fourth-order valence-corrected chi connectivity index (χ4v) is 1.47. The second-order valence-electron chi connectivity index (χ2n) is 3.64. The number of pyridine rings is 1. The van der Waals surface area contributed by atoms with Crippen LogP contribution in [0.1, 0.15) is 16.1 Å². The summed E-state index contributed by atoms with van der Waals surface area (Å²) in [6.07, 6.45) is 1.56. The number of carbonyl (C=O) groups excluding carboxylic acids is 1. The molecule has 0 saturated carbocycles. The molecule has 98 valence electrons. The van der Waals surface area contributed by atoms with Gasteiger partial charge in [0.15, 0.2) is 6.29 Å². The van der Waals surface area contributed by atoms with Crippen molar-refractivity contribution in [3.05, 3.63) is 59.2 Å². The van der Waals surface area contributed by atoms with E-state index >= 15 is 0 Å². The Bertz CT molecular complexity index is 617. The van der Waals surface area contributed by atoms with Gasteiger partial charge >= 0.3 is 0 Å². The van der Waals surface area contributed by atoms with Crippen molar-refractivity contribution in [3.8, 4) is 5.75 Å². The minimum absolute atomic E-state index is 0.0241. The second kappa shape index (κ2) is 5.51. The number of halogens is 3. The number of aromatic nitrogens is 1. The highest BCUT2D eigenvalue weighted by Gasteiger charge is 2.13. The van der Waals surface area contributed by atoms with Crippen molar-refractivity contribution >= 4 is 6.29 Å². The third-order valence-corrected chi connectivity index (χ3v) is 2.37. The first kappa shape index (κ1) is 13.1. The monoisotopic (exact) mass is 267 g/mol. The standard InChI is InChI=1S/C13H8F3NO2/c14-8-4-11(16)9(6-18)13(5-8)19-7-12-10(15)2-1-3-17-12/h1-6H,7H2. The van der Waals surface area contributed by atoms with Crippen molar-refractivity contribution in [2.75, 3.05) is 0 Å². The third-order valence-electron chi connectivity index (χ3n) is 2.37. The summed E-state index contributed by atoms with van der Waals surface area (Å²) < 4.78 is 44.6. The van der Waals surface area contributed by atoms with Crippen molar-refractivity contribution in [1.82, 2.24) is 4.98 Å². The van der Waals surface area contributed by atoms with E-state index in [2.05, 4.69) is 4.98 Å². The van der Waals surface area contributed by atoms with Gasteiger partial charge in [-0.25, -0.2) is 13.2 Å². The summed E-state index contributed by atoms with van der Waals surface area (Å²) in [5.74, 6) is -2.82. The molecule has 3 nitrogen and oxygen atoms in total. The molecule has 1 aromatic carbocycles. The van der Waals surface area contributed by atoms with Gasteiger partial charge in [0, 0.05) is 18.3 Å². The van der Waals surface area contributed by atoms with Gasteiger partial charge in [0.1, 0.15) is 35.5 Å². The lowest BCUT2D eigenvalue weighted by atomic mass is 10.2. The van der Waals surface area contributed by atoms with E-state index in [9.17, 15) is 18.0 Å². The lowest BCUT2D eigenvalue weighted by molar-refractivity contribution is 0.111. The SMILES string of the molecule is O=Cc1c(F)cc(F)cc1OCc1ncccc1F. The Balaban J connectivity index is 2.25. The molecule has 0 N–H and O–H groups in total. The van der Waals surface area contributed by atoms with Gasteiger partial charge in [-0.3, -0.25) is 9.78 Å². The summed E-state index contributed by atoms with van der Waals surface area (Å²) in [5, 5.41) is 0. The summed E-state index contributed by atoms with van der Waals surface area (Å²) in [6, 6.07) is 4.00. The van der Waals surface area contributed by atoms with Crippen LogP contribution in [0.4, 0.5) is 13.2 Å². The topological polar surface area (TPSA) is 39.2 Å². The molecule has 0 saturated heterocycles. The van der Waals surface area contributed by atoms with Crippen LogP contribution in [0, 0.1) is 17.5 Å². The van der Waals surface area contributed by atoms with Crippen LogP contribution in [-0.4, -0.2) is 11.3 Å². The summed E-state index contributed by atoms with van der Waals surface area (Å²) in [4.78, 5) is 14.4. The zero-order valence-corrected chi connectivity index (χ0v) is 9.57. The Hall–Kier alpha value is -2.37. The van der Waals surface area contributed by atoms with Crippen molar-refractivity contribution < 1.29 is 22.7 Å². The molecule has 0 aliphatic heterocycles. The number of hydrogen-bond donors (Lipinski definition) is 0. The van der Waals surface area contributed by atoms with Gasteiger partial charge in [-0.2, -0.15) is 0 Å². The number of rotatable bonds is 4. The molecule has 1 aromatic heterocycles. The molecule has 0 unspecified atom stereocenters. The van der Waals surface area contributed by atoms with Crippen LogP contribution in [0.5, 0.6) is 5.75 Å².